The van der Waals surface area contributed by atoms with Crippen molar-refractivity contribution in [3.8, 4) is 11.3 Å². The third-order valence-corrected chi connectivity index (χ3v) is 3.30. The minimum Gasteiger partial charge on any atom is -0.383 e. The molecule has 0 atom stereocenters. The summed E-state index contributed by atoms with van der Waals surface area (Å²) in [5, 5.41) is 0. The van der Waals surface area contributed by atoms with E-state index in [9.17, 15) is 8.78 Å². The van der Waals surface area contributed by atoms with Crippen LogP contribution in [0, 0.1) is 11.6 Å². The zero-order valence-electron chi connectivity index (χ0n) is 9.57. The van der Waals surface area contributed by atoms with Gasteiger partial charge in [-0.25, -0.2) is 13.8 Å². The Balaban J connectivity index is 2.28. The summed E-state index contributed by atoms with van der Waals surface area (Å²) in [4.78, 5) is 4.23. The summed E-state index contributed by atoms with van der Waals surface area (Å²) >= 11 is 3.19. The molecule has 2 aromatic heterocycles. The Morgan fingerprint density at radius 1 is 1.16 bits per heavy atom. The fraction of sp³-hybridized carbons (Fsp3) is 0. The van der Waals surface area contributed by atoms with E-state index in [1.165, 1.54) is 28.8 Å². The Kier molecular flexibility index (Phi) is 2.74. The summed E-state index contributed by atoms with van der Waals surface area (Å²) in [6, 6.07) is 7.38. The maximum Gasteiger partial charge on any atom is 0.140 e. The van der Waals surface area contributed by atoms with E-state index in [2.05, 4.69) is 20.9 Å². The number of nitrogens with two attached hydrogens (primary N) is 1. The summed E-state index contributed by atoms with van der Waals surface area (Å²) in [6.45, 7) is 0. The van der Waals surface area contributed by atoms with Crippen molar-refractivity contribution in [2.75, 3.05) is 5.73 Å². The average Bonchev–Trinajstić information content (AvgIpc) is 2.67. The van der Waals surface area contributed by atoms with E-state index in [0.29, 0.717) is 15.8 Å². The Labute approximate surface area is 115 Å². The Morgan fingerprint density at radius 2 is 1.95 bits per heavy atom. The number of halogens is 3. The number of hydrogen-bond acceptors (Lipinski definition) is 2. The largest absolute Gasteiger partial charge is 0.383 e. The van der Waals surface area contributed by atoms with E-state index in [4.69, 9.17) is 5.73 Å². The van der Waals surface area contributed by atoms with Crippen LogP contribution in [0.3, 0.4) is 0 Å². The number of benzene rings is 1. The van der Waals surface area contributed by atoms with Gasteiger partial charge in [0.05, 0.1) is 0 Å². The lowest BCUT2D eigenvalue weighted by Gasteiger charge is -2.02. The maximum atomic E-state index is 13.9. The molecule has 0 unspecified atom stereocenters. The summed E-state index contributed by atoms with van der Waals surface area (Å²) in [5.74, 6) is -0.667. The van der Waals surface area contributed by atoms with Gasteiger partial charge in [0, 0.05) is 16.2 Å². The van der Waals surface area contributed by atoms with Crippen LogP contribution >= 0.6 is 15.9 Å². The number of fused-ring (bicyclic) bond motifs is 1. The number of imidazole rings is 1. The standard InChI is InChI=1S/C13H8BrF2N3/c14-7-1-3-9(10(16)5-7)12-13(17)19-6-8(15)2-4-11(19)18-12/h1-6H,17H2. The van der Waals surface area contributed by atoms with Gasteiger partial charge in [0.15, 0.2) is 0 Å². The second-order valence-corrected chi connectivity index (χ2v) is 4.96. The van der Waals surface area contributed by atoms with E-state index >= 15 is 0 Å². The van der Waals surface area contributed by atoms with Crippen molar-refractivity contribution in [3.63, 3.8) is 0 Å². The molecule has 0 saturated heterocycles. The van der Waals surface area contributed by atoms with Gasteiger partial charge in [-0.05, 0) is 30.3 Å². The molecule has 0 amide bonds. The number of aromatic nitrogens is 2. The highest BCUT2D eigenvalue weighted by molar-refractivity contribution is 9.10. The van der Waals surface area contributed by atoms with Crippen molar-refractivity contribution in [1.82, 2.24) is 9.38 Å². The molecule has 0 aliphatic carbocycles. The lowest BCUT2D eigenvalue weighted by atomic mass is 10.1. The van der Waals surface area contributed by atoms with Crippen LogP contribution < -0.4 is 5.73 Å². The van der Waals surface area contributed by atoms with Crippen molar-refractivity contribution in [2.45, 2.75) is 0 Å². The summed E-state index contributed by atoms with van der Waals surface area (Å²) in [6.07, 6.45) is 1.22. The van der Waals surface area contributed by atoms with Crippen LogP contribution in [0.4, 0.5) is 14.6 Å². The molecule has 0 fully saturated rings. The first-order chi connectivity index (χ1) is 9.06. The lowest BCUT2D eigenvalue weighted by molar-refractivity contribution is 0.619. The van der Waals surface area contributed by atoms with Crippen LogP contribution in [0.2, 0.25) is 0 Å². The highest BCUT2D eigenvalue weighted by Gasteiger charge is 2.15. The van der Waals surface area contributed by atoms with E-state index in [1.807, 2.05) is 0 Å². The molecule has 0 bridgehead atoms. The molecule has 3 nitrogen and oxygen atoms in total. The SMILES string of the molecule is Nc1c(-c2ccc(Br)cc2F)nc2ccc(F)cn12. The van der Waals surface area contributed by atoms with Gasteiger partial charge in [-0.3, -0.25) is 4.40 Å². The first-order valence-corrected chi connectivity index (χ1v) is 6.24. The van der Waals surface area contributed by atoms with Crippen molar-refractivity contribution in [2.24, 2.45) is 0 Å². The fourth-order valence-corrected chi connectivity index (χ4v) is 2.25. The zero-order chi connectivity index (χ0) is 13.6. The number of pyridine rings is 1. The van der Waals surface area contributed by atoms with Crippen molar-refractivity contribution >= 4 is 27.4 Å². The van der Waals surface area contributed by atoms with E-state index in [1.54, 1.807) is 12.1 Å². The molecule has 2 N–H and O–H groups in total. The van der Waals surface area contributed by atoms with Crippen molar-refractivity contribution in [1.29, 1.82) is 0 Å². The molecular formula is C13H8BrF2N3. The maximum absolute atomic E-state index is 13.9. The van der Waals surface area contributed by atoms with Crippen LogP contribution in [0.5, 0.6) is 0 Å². The smallest absolute Gasteiger partial charge is 0.140 e. The quantitative estimate of drug-likeness (QED) is 0.743. The van der Waals surface area contributed by atoms with E-state index in [-0.39, 0.29) is 11.4 Å². The normalized spacial score (nSPS) is 11.1. The molecule has 19 heavy (non-hydrogen) atoms. The number of hydrogen-bond donors (Lipinski definition) is 1. The van der Waals surface area contributed by atoms with Gasteiger partial charge in [-0.2, -0.15) is 0 Å². The number of nitrogens with zero attached hydrogens (tertiary/aromatic N) is 2. The Morgan fingerprint density at radius 3 is 2.68 bits per heavy atom. The van der Waals surface area contributed by atoms with Crippen LogP contribution in [-0.4, -0.2) is 9.38 Å². The summed E-state index contributed by atoms with van der Waals surface area (Å²) in [7, 11) is 0. The van der Waals surface area contributed by atoms with Gasteiger partial charge >= 0.3 is 0 Å². The summed E-state index contributed by atoms with van der Waals surface area (Å²) < 4.78 is 29.1. The fourth-order valence-electron chi connectivity index (χ4n) is 1.92. The molecule has 2 heterocycles. The monoisotopic (exact) mass is 323 g/mol. The summed E-state index contributed by atoms with van der Waals surface area (Å²) in [5.41, 5.74) is 6.95. The van der Waals surface area contributed by atoms with E-state index in [0.717, 1.165) is 0 Å². The predicted octanol–water partition coefficient (Wildman–Crippen LogP) is 3.62. The molecule has 0 aliphatic heterocycles. The third-order valence-electron chi connectivity index (χ3n) is 2.81. The number of nitrogen functional groups attached to an aromatic ring is 1. The van der Waals surface area contributed by atoms with Crippen LogP contribution in [0.25, 0.3) is 16.9 Å². The van der Waals surface area contributed by atoms with Gasteiger partial charge in [-0.15, -0.1) is 0 Å². The Bertz CT molecular complexity index is 783. The van der Waals surface area contributed by atoms with Crippen LogP contribution in [-0.2, 0) is 0 Å². The average molecular weight is 324 g/mol. The zero-order valence-corrected chi connectivity index (χ0v) is 11.2. The third kappa shape index (κ3) is 1.98. The van der Waals surface area contributed by atoms with Crippen LogP contribution in [0.15, 0.2) is 41.0 Å². The van der Waals surface area contributed by atoms with Gasteiger partial charge in [0.1, 0.15) is 28.8 Å². The van der Waals surface area contributed by atoms with E-state index < -0.39 is 11.6 Å². The van der Waals surface area contributed by atoms with Gasteiger partial charge in [-0.1, -0.05) is 15.9 Å². The first-order valence-electron chi connectivity index (χ1n) is 5.45. The van der Waals surface area contributed by atoms with Gasteiger partial charge < -0.3 is 5.73 Å². The molecule has 0 aliphatic rings. The second kappa shape index (κ2) is 4.31. The number of anilines is 1. The molecule has 0 spiro atoms. The number of rotatable bonds is 1. The predicted molar refractivity (Wildman–Crippen MR) is 72.7 cm³/mol. The van der Waals surface area contributed by atoms with Crippen LogP contribution in [0.1, 0.15) is 0 Å². The molecule has 1 aromatic carbocycles. The second-order valence-electron chi connectivity index (χ2n) is 4.05. The molecule has 3 rings (SSSR count). The molecule has 6 heteroatoms. The molecule has 3 aromatic rings. The minimum atomic E-state index is -0.440. The highest BCUT2D eigenvalue weighted by Crippen LogP contribution is 2.30. The van der Waals surface area contributed by atoms with Crippen molar-refractivity contribution < 1.29 is 8.78 Å². The minimum absolute atomic E-state index is 0.204. The van der Waals surface area contributed by atoms with Gasteiger partial charge in [0.25, 0.3) is 0 Å². The molecule has 0 saturated carbocycles. The molecular weight excluding hydrogens is 316 g/mol. The van der Waals surface area contributed by atoms with Crippen molar-refractivity contribution in [3.05, 3.63) is 52.6 Å². The van der Waals surface area contributed by atoms with Gasteiger partial charge in [0.2, 0.25) is 0 Å². The Hall–Kier alpha value is -1.95. The first kappa shape index (κ1) is 12.1. The highest BCUT2D eigenvalue weighted by atomic mass is 79.9. The molecule has 0 radical (unpaired) electrons. The lowest BCUT2D eigenvalue weighted by Crippen LogP contribution is -1.95. The topological polar surface area (TPSA) is 43.3 Å². The molecule has 96 valence electrons.